The largest absolute Gasteiger partial charge is 0.435 e. The van der Waals surface area contributed by atoms with Crippen molar-refractivity contribution in [2.24, 2.45) is 5.41 Å². The zero-order valence-corrected chi connectivity index (χ0v) is 18.6. The molecule has 0 amide bonds. The first-order chi connectivity index (χ1) is 14.0. The highest BCUT2D eigenvalue weighted by atomic mass is 32.2. The topological polar surface area (TPSA) is 55.2 Å². The number of halogens is 3. The number of likely N-dealkylation sites (tertiary alicyclic amines) is 1. The maximum Gasteiger partial charge on any atom is 0.435 e. The van der Waals surface area contributed by atoms with E-state index in [9.17, 15) is 21.6 Å². The number of aromatic nitrogens is 2. The predicted molar refractivity (Wildman–Crippen MR) is 109 cm³/mol. The van der Waals surface area contributed by atoms with Gasteiger partial charge in [-0.25, -0.2) is 8.42 Å². The highest BCUT2D eigenvalue weighted by Crippen LogP contribution is 2.44. The fourth-order valence-corrected chi connectivity index (χ4v) is 8.07. The van der Waals surface area contributed by atoms with Crippen LogP contribution in [0, 0.1) is 5.41 Å². The van der Waals surface area contributed by atoms with Crippen LogP contribution in [0.3, 0.4) is 0 Å². The number of nitrogens with zero attached hydrogens (tertiary/aromatic N) is 3. The summed E-state index contributed by atoms with van der Waals surface area (Å²) in [6, 6.07) is 1.53. The Bertz CT molecular complexity index is 873. The second-order valence-corrected chi connectivity index (χ2v) is 12.1. The Hall–Kier alpha value is -1.09. The molecule has 9 heteroatoms. The summed E-state index contributed by atoms with van der Waals surface area (Å²) in [7, 11) is -2.90. The Labute approximate surface area is 176 Å². The smallest absolute Gasteiger partial charge is 0.300 e. The van der Waals surface area contributed by atoms with E-state index in [0.29, 0.717) is 23.2 Å². The average Bonchev–Trinajstić information content (AvgIpc) is 3.24. The van der Waals surface area contributed by atoms with Gasteiger partial charge in [0.2, 0.25) is 0 Å². The van der Waals surface area contributed by atoms with Crippen molar-refractivity contribution >= 4 is 9.84 Å². The first kappa shape index (κ1) is 22.1. The van der Waals surface area contributed by atoms with Gasteiger partial charge in [0.1, 0.15) is 0 Å². The monoisotopic (exact) mass is 447 g/mol. The van der Waals surface area contributed by atoms with Crippen LogP contribution in [0.5, 0.6) is 0 Å². The van der Waals surface area contributed by atoms with Gasteiger partial charge in [0, 0.05) is 30.2 Å². The first-order valence-corrected chi connectivity index (χ1v) is 12.9. The van der Waals surface area contributed by atoms with Gasteiger partial charge in [-0.1, -0.05) is 0 Å². The molecule has 0 aromatic carbocycles. The Kier molecular flexibility index (Phi) is 5.75. The summed E-state index contributed by atoms with van der Waals surface area (Å²) >= 11 is 0. The van der Waals surface area contributed by atoms with Crippen molar-refractivity contribution in [1.29, 1.82) is 0 Å². The zero-order chi connectivity index (χ0) is 21.7. The fourth-order valence-electron chi connectivity index (χ4n) is 5.87. The molecule has 170 valence electrons. The van der Waals surface area contributed by atoms with Crippen molar-refractivity contribution in [2.75, 3.05) is 24.6 Å². The van der Waals surface area contributed by atoms with E-state index < -0.39 is 21.7 Å². The Morgan fingerprint density at radius 2 is 1.87 bits per heavy atom. The standard InChI is InChI=1S/C21H32F3N3O2S/c1-15(2)27-18(12-19(25-27)21(22,23)24)16-4-6-17(7-5-16)26-10-3-8-20(13-26)9-11-30(28,29)14-20/h12,15-17H,3-11,13-14H2,1-2H3/t16?,17?,20-/m0/s1. The third kappa shape index (κ3) is 4.42. The van der Waals surface area contributed by atoms with Crippen LogP contribution in [0.1, 0.15) is 82.1 Å². The molecule has 1 atom stereocenters. The van der Waals surface area contributed by atoms with Gasteiger partial charge in [-0.15, -0.1) is 0 Å². The van der Waals surface area contributed by atoms with Crippen molar-refractivity contribution in [2.45, 2.75) is 83.0 Å². The zero-order valence-electron chi connectivity index (χ0n) is 17.8. The summed E-state index contributed by atoms with van der Waals surface area (Å²) in [4.78, 5) is 2.47. The number of piperidine rings is 1. The molecular formula is C21H32F3N3O2S. The number of rotatable bonds is 3. The van der Waals surface area contributed by atoms with Gasteiger partial charge in [0.15, 0.2) is 15.5 Å². The molecule has 3 heterocycles. The molecule has 1 aromatic heterocycles. The van der Waals surface area contributed by atoms with Crippen LogP contribution in [-0.2, 0) is 16.0 Å². The van der Waals surface area contributed by atoms with Gasteiger partial charge in [0.05, 0.1) is 11.5 Å². The number of hydrogen-bond donors (Lipinski definition) is 0. The van der Waals surface area contributed by atoms with E-state index in [4.69, 9.17) is 0 Å². The molecule has 1 saturated carbocycles. The Balaban J connectivity index is 1.43. The lowest BCUT2D eigenvalue weighted by Crippen LogP contribution is -2.49. The maximum absolute atomic E-state index is 13.2. The molecule has 30 heavy (non-hydrogen) atoms. The molecule has 1 aromatic rings. The normalized spacial score (nSPS) is 32.9. The highest BCUT2D eigenvalue weighted by Gasteiger charge is 2.46. The minimum Gasteiger partial charge on any atom is -0.300 e. The predicted octanol–water partition coefficient (Wildman–Crippen LogP) is 4.41. The second-order valence-electron chi connectivity index (χ2n) is 9.91. The summed E-state index contributed by atoms with van der Waals surface area (Å²) in [5.41, 5.74) is -0.173. The lowest BCUT2D eigenvalue weighted by atomic mass is 9.77. The van der Waals surface area contributed by atoms with Crippen molar-refractivity contribution in [3.8, 4) is 0 Å². The molecule has 2 saturated heterocycles. The third-order valence-electron chi connectivity index (χ3n) is 7.34. The Morgan fingerprint density at radius 1 is 1.17 bits per heavy atom. The second kappa shape index (κ2) is 7.80. The van der Waals surface area contributed by atoms with Crippen molar-refractivity contribution < 1.29 is 21.6 Å². The van der Waals surface area contributed by atoms with E-state index >= 15 is 0 Å². The number of alkyl halides is 3. The lowest BCUT2D eigenvalue weighted by molar-refractivity contribution is -0.141. The van der Waals surface area contributed by atoms with Gasteiger partial charge in [-0.3, -0.25) is 9.58 Å². The summed E-state index contributed by atoms with van der Waals surface area (Å²) in [5.74, 6) is 0.728. The molecule has 3 fully saturated rings. The lowest BCUT2D eigenvalue weighted by Gasteiger charge is -2.45. The van der Waals surface area contributed by atoms with E-state index in [-0.39, 0.29) is 17.4 Å². The van der Waals surface area contributed by atoms with E-state index in [1.54, 1.807) is 4.68 Å². The molecule has 5 nitrogen and oxygen atoms in total. The van der Waals surface area contributed by atoms with Gasteiger partial charge in [0.25, 0.3) is 0 Å². The van der Waals surface area contributed by atoms with Crippen LogP contribution < -0.4 is 0 Å². The number of sulfone groups is 1. The Morgan fingerprint density at radius 3 is 2.43 bits per heavy atom. The molecule has 0 bridgehead atoms. The third-order valence-corrected chi connectivity index (χ3v) is 9.21. The molecule has 2 aliphatic heterocycles. The fraction of sp³-hybridized carbons (Fsp3) is 0.857. The van der Waals surface area contributed by atoms with Crippen molar-refractivity contribution in [1.82, 2.24) is 14.7 Å². The van der Waals surface area contributed by atoms with Crippen LogP contribution in [0.4, 0.5) is 13.2 Å². The minimum absolute atomic E-state index is 0.0776. The van der Waals surface area contributed by atoms with E-state index in [1.165, 1.54) is 6.07 Å². The SMILES string of the molecule is CC(C)n1nc(C(F)(F)F)cc1C1CCC(N2CCC[C@]3(CCS(=O)(=O)C3)C2)CC1. The van der Waals surface area contributed by atoms with Crippen LogP contribution in [0.15, 0.2) is 6.07 Å². The van der Waals surface area contributed by atoms with Crippen LogP contribution >= 0.6 is 0 Å². The highest BCUT2D eigenvalue weighted by molar-refractivity contribution is 7.91. The van der Waals surface area contributed by atoms with E-state index in [2.05, 4.69) is 10.00 Å². The summed E-state index contributed by atoms with van der Waals surface area (Å²) < 4.78 is 65.2. The molecular weight excluding hydrogens is 415 g/mol. The summed E-state index contributed by atoms with van der Waals surface area (Å²) in [6.07, 6.45) is 1.96. The van der Waals surface area contributed by atoms with E-state index in [1.807, 2.05) is 13.8 Å². The van der Waals surface area contributed by atoms with Crippen LogP contribution in [-0.4, -0.2) is 53.7 Å². The van der Waals surface area contributed by atoms with Gasteiger partial charge < -0.3 is 0 Å². The van der Waals surface area contributed by atoms with Gasteiger partial charge in [-0.05, 0) is 76.8 Å². The average molecular weight is 448 g/mol. The van der Waals surface area contributed by atoms with Crippen LogP contribution in [0.2, 0.25) is 0 Å². The maximum atomic E-state index is 13.2. The van der Waals surface area contributed by atoms with Gasteiger partial charge >= 0.3 is 6.18 Å². The molecule has 4 rings (SSSR count). The van der Waals surface area contributed by atoms with Crippen molar-refractivity contribution in [3.63, 3.8) is 0 Å². The summed E-state index contributed by atoms with van der Waals surface area (Å²) in [6.45, 7) is 5.58. The summed E-state index contributed by atoms with van der Waals surface area (Å²) in [5, 5.41) is 3.85. The molecule has 0 radical (unpaired) electrons. The molecule has 0 unspecified atom stereocenters. The number of hydrogen-bond acceptors (Lipinski definition) is 4. The van der Waals surface area contributed by atoms with Crippen molar-refractivity contribution in [3.05, 3.63) is 17.5 Å². The molecule has 1 aliphatic carbocycles. The van der Waals surface area contributed by atoms with Gasteiger partial charge in [-0.2, -0.15) is 18.3 Å². The molecule has 3 aliphatic rings. The minimum atomic E-state index is -4.42. The van der Waals surface area contributed by atoms with E-state index in [0.717, 1.165) is 58.0 Å². The molecule has 0 N–H and O–H groups in total. The first-order valence-electron chi connectivity index (χ1n) is 11.1. The molecule has 1 spiro atoms. The quantitative estimate of drug-likeness (QED) is 0.689. The van der Waals surface area contributed by atoms with Crippen LogP contribution in [0.25, 0.3) is 0 Å².